The topological polar surface area (TPSA) is 111 Å². The number of nitrogens with two attached hydrogens (primary N) is 1. The summed E-state index contributed by atoms with van der Waals surface area (Å²) in [7, 11) is -2.22. The van der Waals surface area contributed by atoms with Crippen LogP contribution in [0.25, 0.3) is 0 Å². The van der Waals surface area contributed by atoms with E-state index < -0.39 is 22.0 Å². The molecule has 0 spiro atoms. The Balaban J connectivity index is 2.43. The third kappa shape index (κ3) is 5.98. The van der Waals surface area contributed by atoms with Crippen molar-refractivity contribution in [3.05, 3.63) is 29.3 Å². The first-order chi connectivity index (χ1) is 9.86. The Morgan fingerprint density at radius 3 is 2.76 bits per heavy atom. The second-order valence-corrected chi connectivity index (χ2v) is 6.41. The zero-order valence-corrected chi connectivity index (χ0v) is 13.1. The Labute approximate surface area is 128 Å². The molecule has 118 valence electrons. The molecule has 1 atom stereocenters. The second kappa shape index (κ2) is 8.30. The summed E-state index contributed by atoms with van der Waals surface area (Å²) in [6.45, 7) is 0.260. The van der Waals surface area contributed by atoms with Gasteiger partial charge >= 0.3 is 0 Å². The molecule has 0 saturated heterocycles. The van der Waals surface area contributed by atoms with E-state index in [1.54, 1.807) is 12.1 Å². The van der Waals surface area contributed by atoms with Crippen LogP contribution in [0.3, 0.4) is 0 Å². The van der Waals surface area contributed by atoms with E-state index in [4.69, 9.17) is 22.1 Å². The van der Waals surface area contributed by atoms with Crippen molar-refractivity contribution < 1.29 is 17.9 Å². The molecule has 0 bridgehead atoms. The fourth-order valence-electron chi connectivity index (χ4n) is 1.47. The average molecular weight is 336 g/mol. The minimum Gasteiger partial charge on any atom is -0.383 e. The van der Waals surface area contributed by atoms with E-state index in [-0.39, 0.29) is 24.6 Å². The van der Waals surface area contributed by atoms with E-state index in [1.807, 2.05) is 0 Å². The lowest BCUT2D eigenvalue weighted by Gasteiger charge is -2.11. The smallest absolute Gasteiger partial charge is 0.240 e. The first-order valence-electron chi connectivity index (χ1n) is 6.14. The molecule has 21 heavy (non-hydrogen) atoms. The molecule has 1 rings (SSSR count). The highest BCUT2D eigenvalue weighted by Crippen LogP contribution is 2.14. The summed E-state index contributed by atoms with van der Waals surface area (Å²) in [5.41, 5.74) is 5.51. The molecule has 0 fully saturated rings. The zero-order chi connectivity index (χ0) is 15.9. The molecule has 0 aliphatic rings. The summed E-state index contributed by atoms with van der Waals surface area (Å²) in [4.78, 5) is 11.5. The van der Waals surface area contributed by atoms with E-state index in [0.717, 1.165) is 0 Å². The van der Waals surface area contributed by atoms with Crippen LogP contribution in [-0.2, 0) is 19.6 Å². The number of amides is 1. The van der Waals surface area contributed by atoms with Crippen molar-refractivity contribution in [2.75, 3.05) is 26.8 Å². The van der Waals surface area contributed by atoms with Crippen LogP contribution < -0.4 is 15.8 Å². The number of methoxy groups -OCH3 is 1. The molecule has 4 N–H and O–H groups in total. The molecule has 1 amide bonds. The number of nitrogens with one attached hydrogen (secondary N) is 2. The van der Waals surface area contributed by atoms with Gasteiger partial charge in [-0.15, -0.1) is 0 Å². The molecule has 0 aliphatic heterocycles. The fourth-order valence-corrected chi connectivity index (χ4v) is 2.81. The first kappa shape index (κ1) is 17.9. The zero-order valence-electron chi connectivity index (χ0n) is 11.5. The van der Waals surface area contributed by atoms with E-state index in [9.17, 15) is 13.2 Å². The van der Waals surface area contributed by atoms with Gasteiger partial charge in [-0.2, -0.15) is 0 Å². The highest BCUT2D eigenvalue weighted by molar-refractivity contribution is 7.89. The van der Waals surface area contributed by atoms with Gasteiger partial charge in [0, 0.05) is 25.2 Å². The first-order valence-corrected chi connectivity index (χ1v) is 8.00. The van der Waals surface area contributed by atoms with Gasteiger partial charge in [0.15, 0.2) is 0 Å². The third-order valence-corrected chi connectivity index (χ3v) is 4.20. The number of hydrogen-bond acceptors (Lipinski definition) is 5. The largest absolute Gasteiger partial charge is 0.383 e. The molecule has 9 heteroatoms. The number of hydrogen-bond donors (Lipinski definition) is 3. The molecule has 0 aromatic heterocycles. The third-order valence-electron chi connectivity index (χ3n) is 2.51. The van der Waals surface area contributed by atoms with Crippen molar-refractivity contribution in [2.24, 2.45) is 5.73 Å². The van der Waals surface area contributed by atoms with E-state index in [2.05, 4.69) is 10.0 Å². The maximum atomic E-state index is 11.9. The maximum absolute atomic E-state index is 11.9. The van der Waals surface area contributed by atoms with Crippen molar-refractivity contribution in [2.45, 2.75) is 10.9 Å². The minimum atomic E-state index is -3.65. The molecular weight excluding hydrogens is 318 g/mol. The number of rotatable bonds is 8. The van der Waals surface area contributed by atoms with Crippen molar-refractivity contribution >= 4 is 27.5 Å². The van der Waals surface area contributed by atoms with Crippen LogP contribution in [0.1, 0.15) is 0 Å². The van der Waals surface area contributed by atoms with Gasteiger partial charge in [-0.25, -0.2) is 13.1 Å². The summed E-state index contributed by atoms with van der Waals surface area (Å²) in [5.74, 6) is -0.404. The van der Waals surface area contributed by atoms with Crippen LogP contribution in [-0.4, -0.2) is 47.2 Å². The van der Waals surface area contributed by atoms with Crippen LogP contribution in [0.2, 0.25) is 5.02 Å². The molecule has 1 aromatic carbocycles. The van der Waals surface area contributed by atoms with E-state index in [0.29, 0.717) is 5.02 Å². The molecule has 0 heterocycles. The van der Waals surface area contributed by atoms with Gasteiger partial charge in [-0.05, 0) is 18.2 Å². The lowest BCUT2D eigenvalue weighted by molar-refractivity contribution is -0.123. The van der Waals surface area contributed by atoms with Gasteiger partial charge in [0.2, 0.25) is 15.9 Å². The number of benzene rings is 1. The lowest BCUT2D eigenvalue weighted by Crippen LogP contribution is -2.45. The molecule has 1 unspecified atom stereocenters. The Morgan fingerprint density at radius 1 is 1.43 bits per heavy atom. The van der Waals surface area contributed by atoms with E-state index in [1.165, 1.54) is 19.2 Å². The predicted octanol–water partition coefficient (Wildman–Crippen LogP) is -0.292. The molecule has 1 aromatic rings. The normalized spacial score (nSPS) is 12.9. The quantitative estimate of drug-likeness (QED) is 0.565. The number of halogens is 1. The van der Waals surface area contributed by atoms with Gasteiger partial charge in [0.1, 0.15) is 6.04 Å². The van der Waals surface area contributed by atoms with Crippen LogP contribution in [0, 0.1) is 0 Å². The number of sulfonamides is 1. The maximum Gasteiger partial charge on any atom is 0.240 e. The summed E-state index contributed by atoms with van der Waals surface area (Å²) in [6.07, 6.45) is 0. The van der Waals surface area contributed by atoms with Gasteiger partial charge in [0.25, 0.3) is 0 Å². The summed E-state index contributed by atoms with van der Waals surface area (Å²) in [6, 6.07) is 5.12. The number of ether oxygens (including phenoxy) is 1. The Kier molecular flexibility index (Phi) is 7.06. The van der Waals surface area contributed by atoms with Crippen LogP contribution in [0.4, 0.5) is 0 Å². The lowest BCUT2D eigenvalue weighted by atomic mass is 10.3. The monoisotopic (exact) mass is 335 g/mol. The van der Waals surface area contributed by atoms with Crippen molar-refractivity contribution in [1.29, 1.82) is 0 Å². The Hall–Kier alpha value is -1.19. The van der Waals surface area contributed by atoms with Gasteiger partial charge in [0.05, 0.1) is 11.5 Å². The summed E-state index contributed by atoms with van der Waals surface area (Å²) >= 11 is 5.74. The van der Waals surface area contributed by atoms with Crippen molar-refractivity contribution in [3.8, 4) is 0 Å². The van der Waals surface area contributed by atoms with Gasteiger partial charge in [-0.3, -0.25) is 4.79 Å². The molecular formula is C12H18ClN3O4S. The van der Waals surface area contributed by atoms with Crippen LogP contribution >= 0.6 is 11.6 Å². The highest BCUT2D eigenvalue weighted by atomic mass is 35.5. The van der Waals surface area contributed by atoms with Crippen LogP contribution in [0.15, 0.2) is 29.2 Å². The van der Waals surface area contributed by atoms with E-state index >= 15 is 0 Å². The van der Waals surface area contributed by atoms with Crippen molar-refractivity contribution in [3.63, 3.8) is 0 Å². The average Bonchev–Trinajstić information content (AvgIpc) is 2.43. The Bertz CT molecular complexity index is 580. The standard InChI is InChI=1S/C12H18ClN3O4S/c1-20-8-11(14)12(17)15-5-6-16-21(18,19)10-4-2-3-9(13)7-10/h2-4,7,11,16H,5-6,8,14H2,1H3,(H,15,17). The summed E-state index contributed by atoms with van der Waals surface area (Å²) in [5, 5.41) is 2.84. The highest BCUT2D eigenvalue weighted by Gasteiger charge is 2.15. The second-order valence-electron chi connectivity index (χ2n) is 4.21. The van der Waals surface area contributed by atoms with Gasteiger partial charge in [-0.1, -0.05) is 17.7 Å². The fraction of sp³-hybridized carbons (Fsp3) is 0.417. The van der Waals surface area contributed by atoms with Crippen molar-refractivity contribution in [1.82, 2.24) is 10.0 Å². The molecule has 0 saturated carbocycles. The van der Waals surface area contributed by atoms with Crippen LogP contribution in [0.5, 0.6) is 0 Å². The number of carbonyl (C=O) groups is 1. The SMILES string of the molecule is COCC(N)C(=O)NCCNS(=O)(=O)c1cccc(Cl)c1. The predicted molar refractivity (Wildman–Crippen MR) is 79.5 cm³/mol. The van der Waals surface area contributed by atoms with Gasteiger partial charge < -0.3 is 15.8 Å². The molecule has 0 aliphatic carbocycles. The molecule has 7 nitrogen and oxygen atoms in total. The summed E-state index contributed by atoms with van der Waals surface area (Å²) < 4.78 is 31.0. The molecule has 0 radical (unpaired) electrons. The Morgan fingerprint density at radius 2 is 2.14 bits per heavy atom. The number of carbonyl (C=O) groups excluding carboxylic acids is 1. The minimum absolute atomic E-state index is 0.0420.